The van der Waals surface area contributed by atoms with Crippen LogP contribution in [0.2, 0.25) is 0 Å². The summed E-state index contributed by atoms with van der Waals surface area (Å²) in [6.45, 7) is 5.67. The molecule has 5 nitrogen and oxygen atoms in total. The minimum absolute atomic E-state index is 0.0126. The molecule has 0 aliphatic heterocycles. The zero-order valence-electron chi connectivity index (χ0n) is 13.3. The molecule has 0 fully saturated rings. The van der Waals surface area contributed by atoms with Gasteiger partial charge in [-0.3, -0.25) is 9.48 Å². The van der Waals surface area contributed by atoms with Gasteiger partial charge < -0.3 is 4.74 Å². The summed E-state index contributed by atoms with van der Waals surface area (Å²) in [5.74, 6) is -0.184. The molecule has 0 atom stereocenters. The van der Waals surface area contributed by atoms with Crippen molar-refractivity contribution in [3.8, 4) is 0 Å². The molecule has 0 aliphatic rings. The molecule has 1 heterocycles. The Kier molecular flexibility index (Phi) is 4.75. The summed E-state index contributed by atoms with van der Waals surface area (Å²) in [6.07, 6.45) is 0. The number of ether oxygens (including phenoxy) is 1. The summed E-state index contributed by atoms with van der Waals surface area (Å²) in [4.78, 5) is 23.5. The molecule has 2 aromatic rings. The Labute approximate surface area is 129 Å². The van der Waals surface area contributed by atoms with Crippen molar-refractivity contribution in [1.82, 2.24) is 9.78 Å². The highest BCUT2D eigenvalue weighted by atomic mass is 16.5. The van der Waals surface area contributed by atoms with Gasteiger partial charge >= 0.3 is 5.97 Å². The standard InChI is InChI=1S/C17H20N2O3/c1-11(2)15-9-16(19(4)18-15)17(21)22-10-13-6-5-7-14(8-13)12(3)20/h5-9,11H,10H2,1-4H3. The molecule has 0 radical (unpaired) electrons. The lowest BCUT2D eigenvalue weighted by molar-refractivity contribution is 0.0460. The molecular formula is C17H20N2O3. The average Bonchev–Trinajstić information content (AvgIpc) is 2.87. The molecule has 5 heteroatoms. The van der Waals surface area contributed by atoms with Crippen LogP contribution in [0.5, 0.6) is 0 Å². The lowest BCUT2D eigenvalue weighted by atomic mass is 10.1. The van der Waals surface area contributed by atoms with E-state index >= 15 is 0 Å². The van der Waals surface area contributed by atoms with Crippen molar-refractivity contribution in [3.63, 3.8) is 0 Å². The van der Waals surface area contributed by atoms with Crippen LogP contribution in [0.1, 0.15) is 58.8 Å². The van der Waals surface area contributed by atoms with Gasteiger partial charge in [-0.05, 0) is 30.5 Å². The summed E-state index contributed by atoms with van der Waals surface area (Å²) < 4.78 is 6.84. The quantitative estimate of drug-likeness (QED) is 0.629. The number of carbonyl (C=O) groups is 2. The molecule has 1 aromatic heterocycles. The van der Waals surface area contributed by atoms with Crippen molar-refractivity contribution in [2.75, 3.05) is 0 Å². The fourth-order valence-corrected chi connectivity index (χ4v) is 2.07. The van der Waals surface area contributed by atoms with Gasteiger partial charge in [-0.25, -0.2) is 4.79 Å². The largest absolute Gasteiger partial charge is 0.456 e. The SMILES string of the molecule is CC(=O)c1cccc(COC(=O)c2cc(C(C)C)nn2C)c1. The van der Waals surface area contributed by atoms with Crippen LogP contribution in [0.15, 0.2) is 30.3 Å². The van der Waals surface area contributed by atoms with Crippen molar-refractivity contribution in [2.45, 2.75) is 33.3 Å². The minimum atomic E-state index is -0.421. The van der Waals surface area contributed by atoms with Crippen LogP contribution in [0, 0.1) is 0 Å². The topological polar surface area (TPSA) is 61.2 Å². The zero-order valence-corrected chi connectivity index (χ0v) is 13.3. The number of aryl methyl sites for hydroxylation is 1. The number of benzene rings is 1. The van der Waals surface area contributed by atoms with Crippen LogP contribution in [-0.2, 0) is 18.4 Å². The minimum Gasteiger partial charge on any atom is -0.456 e. The smallest absolute Gasteiger partial charge is 0.356 e. The number of ketones is 1. The fraction of sp³-hybridized carbons (Fsp3) is 0.353. The Morgan fingerprint density at radius 2 is 2.00 bits per heavy atom. The van der Waals surface area contributed by atoms with Crippen molar-refractivity contribution in [2.24, 2.45) is 7.05 Å². The van der Waals surface area contributed by atoms with Gasteiger partial charge in [-0.2, -0.15) is 5.10 Å². The van der Waals surface area contributed by atoms with Gasteiger partial charge in [0, 0.05) is 12.6 Å². The van der Waals surface area contributed by atoms with E-state index in [0.717, 1.165) is 11.3 Å². The van der Waals surface area contributed by atoms with E-state index in [1.54, 1.807) is 31.3 Å². The van der Waals surface area contributed by atoms with Crippen LogP contribution in [-0.4, -0.2) is 21.5 Å². The average molecular weight is 300 g/mol. The summed E-state index contributed by atoms with van der Waals surface area (Å²) in [6, 6.07) is 8.82. The first-order valence-electron chi connectivity index (χ1n) is 7.19. The number of aromatic nitrogens is 2. The molecule has 22 heavy (non-hydrogen) atoms. The lowest BCUT2D eigenvalue weighted by Crippen LogP contribution is -2.10. The summed E-state index contributed by atoms with van der Waals surface area (Å²) >= 11 is 0. The van der Waals surface area contributed by atoms with Crippen LogP contribution in [0.3, 0.4) is 0 Å². The highest BCUT2D eigenvalue weighted by molar-refractivity contribution is 5.94. The van der Waals surface area contributed by atoms with Crippen LogP contribution >= 0.6 is 0 Å². The van der Waals surface area contributed by atoms with Crippen molar-refractivity contribution in [3.05, 3.63) is 52.8 Å². The number of Topliss-reactive ketones (excluding diaryl/α,β-unsaturated/α-hetero) is 1. The monoisotopic (exact) mass is 300 g/mol. The van der Waals surface area contributed by atoms with Crippen LogP contribution in [0.25, 0.3) is 0 Å². The first kappa shape index (κ1) is 15.9. The van der Waals surface area contributed by atoms with Gasteiger partial charge in [0.15, 0.2) is 5.78 Å². The van der Waals surface area contributed by atoms with Gasteiger partial charge in [-0.1, -0.05) is 32.0 Å². The van der Waals surface area contributed by atoms with E-state index in [4.69, 9.17) is 4.74 Å². The van der Waals surface area contributed by atoms with E-state index in [-0.39, 0.29) is 18.3 Å². The number of esters is 1. The molecule has 2 rings (SSSR count). The zero-order chi connectivity index (χ0) is 16.3. The van der Waals surface area contributed by atoms with E-state index in [2.05, 4.69) is 5.10 Å². The highest BCUT2D eigenvalue weighted by Crippen LogP contribution is 2.15. The van der Waals surface area contributed by atoms with Crippen molar-refractivity contribution in [1.29, 1.82) is 0 Å². The Balaban J connectivity index is 2.07. The first-order chi connectivity index (χ1) is 10.4. The molecule has 0 saturated heterocycles. The number of rotatable bonds is 5. The molecule has 0 amide bonds. The Bertz CT molecular complexity index is 702. The Morgan fingerprint density at radius 1 is 1.27 bits per heavy atom. The van der Waals surface area contributed by atoms with E-state index in [0.29, 0.717) is 11.3 Å². The number of hydrogen-bond acceptors (Lipinski definition) is 4. The molecule has 0 N–H and O–H groups in total. The van der Waals surface area contributed by atoms with Gasteiger partial charge in [0.25, 0.3) is 0 Å². The third kappa shape index (κ3) is 3.61. The second-order valence-corrected chi connectivity index (χ2v) is 5.57. The van der Waals surface area contributed by atoms with E-state index in [1.165, 1.54) is 11.6 Å². The molecule has 0 aliphatic carbocycles. The van der Waals surface area contributed by atoms with Crippen LogP contribution in [0.4, 0.5) is 0 Å². The molecule has 0 unspecified atom stereocenters. The second kappa shape index (κ2) is 6.56. The van der Waals surface area contributed by atoms with E-state index < -0.39 is 5.97 Å². The predicted octanol–water partition coefficient (Wildman–Crippen LogP) is 3.10. The van der Waals surface area contributed by atoms with Crippen LogP contribution < -0.4 is 0 Å². The first-order valence-corrected chi connectivity index (χ1v) is 7.19. The Hall–Kier alpha value is -2.43. The van der Waals surface area contributed by atoms with E-state index in [1.807, 2.05) is 19.9 Å². The maximum absolute atomic E-state index is 12.1. The highest BCUT2D eigenvalue weighted by Gasteiger charge is 2.16. The predicted molar refractivity (Wildman–Crippen MR) is 82.9 cm³/mol. The molecule has 0 saturated carbocycles. The number of hydrogen-bond donors (Lipinski definition) is 0. The van der Waals surface area contributed by atoms with Gasteiger partial charge in [-0.15, -0.1) is 0 Å². The third-order valence-electron chi connectivity index (χ3n) is 3.40. The normalized spacial score (nSPS) is 10.8. The molecular weight excluding hydrogens is 280 g/mol. The van der Waals surface area contributed by atoms with E-state index in [9.17, 15) is 9.59 Å². The second-order valence-electron chi connectivity index (χ2n) is 5.57. The molecule has 0 bridgehead atoms. The van der Waals surface area contributed by atoms with Crippen molar-refractivity contribution >= 4 is 11.8 Å². The van der Waals surface area contributed by atoms with Gasteiger partial charge in [0.2, 0.25) is 0 Å². The lowest BCUT2D eigenvalue weighted by Gasteiger charge is -2.06. The third-order valence-corrected chi connectivity index (χ3v) is 3.40. The summed E-state index contributed by atoms with van der Waals surface area (Å²) in [5.41, 5.74) is 2.67. The maximum atomic E-state index is 12.1. The fourth-order valence-electron chi connectivity index (χ4n) is 2.07. The summed E-state index contributed by atoms with van der Waals surface area (Å²) in [7, 11) is 1.72. The summed E-state index contributed by atoms with van der Waals surface area (Å²) in [5, 5.41) is 4.29. The van der Waals surface area contributed by atoms with Gasteiger partial charge in [0.1, 0.15) is 12.3 Å². The maximum Gasteiger partial charge on any atom is 0.356 e. The number of carbonyl (C=O) groups excluding carboxylic acids is 2. The molecule has 0 spiro atoms. The van der Waals surface area contributed by atoms with Crippen molar-refractivity contribution < 1.29 is 14.3 Å². The molecule has 1 aromatic carbocycles. The Morgan fingerprint density at radius 3 is 2.59 bits per heavy atom. The molecule has 116 valence electrons. The number of nitrogens with zero attached hydrogens (tertiary/aromatic N) is 2. The van der Waals surface area contributed by atoms with Gasteiger partial charge in [0.05, 0.1) is 5.69 Å².